The van der Waals surface area contributed by atoms with Crippen molar-refractivity contribution < 1.29 is 5.11 Å². The molecule has 0 aliphatic heterocycles. The van der Waals surface area contributed by atoms with Crippen LogP contribution in [0.25, 0.3) is 10.9 Å². The van der Waals surface area contributed by atoms with Crippen LogP contribution < -0.4 is 5.32 Å². The van der Waals surface area contributed by atoms with Gasteiger partial charge in [-0.3, -0.25) is 0 Å². The molecule has 0 unspecified atom stereocenters. The quantitative estimate of drug-likeness (QED) is 0.789. The summed E-state index contributed by atoms with van der Waals surface area (Å²) < 4.78 is 0. The minimum atomic E-state index is -0.0511. The molecule has 1 aliphatic rings. The van der Waals surface area contributed by atoms with E-state index in [1.165, 1.54) is 16.5 Å². The number of fused-ring (bicyclic) bond motifs is 1. The van der Waals surface area contributed by atoms with Crippen LogP contribution in [0.15, 0.2) is 30.5 Å². The lowest BCUT2D eigenvalue weighted by molar-refractivity contribution is 0.108. The molecular weight excluding hydrogens is 236 g/mol. The highest BCUT2D eigenvalue weighted by atomic mass is 16.3. The largest absolute Gasteiger partial charge is 0.393 e. The topological polar surface area (TPSA) is 48.0 Å². The van der Waals surface area contributed by atoms with Gasteiger partial charge in [0.1, 0.15) is 0 Å². The van der Waals surface area contributed by atoms with Crippen LogP contribution in [-0.2, 0) is 6.54 Å². The number of aromatic nitrogens is 1. The second kappa shape index (κ2) is 5.76. The third-order valence-corrected chi connectivity index (χ3v) is 4.25. The Morgan fingerprint density at radius 3 is 2.84 bits per heavy atom. The molecular formula is C16H22N2O. The number of H-pyrrole nitrogens is 1. The number of hydrogen-bond acceptors (Lipinski definition) is 2. The van der Waals surface area contributed by atoms with Crippen molar-refractivity contribution in [1.29, 1.82) is 0 Å². The predicted molar refractivity (Wildman–Crippen MR) is 78.0 cm³/mol. The summed E-state index contributed by atoms with van der Waals surface area (Å²) in [6, 6.07) is 8.55. The van der Waals surface area contributed by atoms with Crippen molar-refractivity contribution in [3.8, 4) is 0 Å². The van der Waals surface area contributed by atoms with Crippen LogP contribution >= 0.6 is 0 Å². The summed E-state index contributed by atoms with van der Waals surface area (Å²) >= 11 is 0. The number of aromatic amines is 1. The van der Waals surface area contributed by atoms with Crippen LogP contribution in [0.2, 0.25) is 0 Å². The van der Waals surface area contributed by atoms with E-state index in [0.717, 1.165) is 44.7 Å². The van der Waals surface area contributed by atoms with Gasteiger partial charge in [0.15, 0.2) is 0 Å². The summed E-state index contributed by atoms with van der Waals surface area (Å²) in [6.07, 6.45) is 6.20. The van der Waals surface area contributed by atoms with Gasteiger partial charge in [-0.25, -0.2) is 0 Å². The molecule has 3 nitrogen and oxygen atoms in total. The van der Waals surface area contributed by atoms with E-state index in [0.29, 0.717) is 0 Å². The van der Waals surface area contributed by atoms with Gasteiger partial charge in [0.2, 0.25) is 0 Å². The summed E-state index contributed by atoms with van der Waals surface area (Å²) in [5, 5.41) is 14.4. The smallest absolute Gasteiger partial charge is 0.0540 e. The molecule has 1 aromatic heterocycles. The summed E-state index contributed by atoms with van der Waals surface area (Å²) in [5.74, 6) is 0.730. The van der Waals surface area contributed by atoms with E-state index in [2.05, 4.69) is 34.6 Å². The zero-order chi connectivity index (χ0) is 13.1. The highest BCUT2D eigenvalue weighted by molar-refractivity contribution is 5.82. The van der Waals surface area contributed by atoms with Gasteiger partial charge in [-0.2, -0.15) is 0 Å². The highest BCUT2D eigenvalue weighted by Crippen LogP contribution is 2.23. The van der Waals surface area contributed by atoms with Crippen molar-refractivity contribution in [1.82, 2.24) is 10.3 Å². The van der Waals surface area contributed by atoms with Crippen molar-refractivity contribution >= 4 is 10.9 Å². The Hall–Kier alpha value is -1.32. The summed E-state index contributed by atoms with van der Waals surface area (Å²) in [5.41, 5.74) is 2.56. The minimum Gasteiger partial charge on any atom is -0.393 e. The van der Waals surface area contributed by atoms with Gasteiger partial charge in [0.25, 0.3) is 0 Å². The molecule has 102 valence electrons. The van der Waals surface area contributed by atoms with Crippen LogP contribution in [0.1, 0.15) is 31.2 Å². The lowest BCUT2D eigenvalue weighted by Gasteiger charge is -2.25. The molecule has 0 radical (unpaired) electrons. The van der Waals surface area contributed by atoms with Gasteiger partial charge in [-0.15, -0.1) is 0 Å². The van der Waals surface area contributed by atoms with E-state index in [1.807, 2.05) is 6.20 Å². The van der Waals surface area contributed by atoms with Crippen LogP contribution in [0.3, 0.4) is 0 Å². The van der Waals surface area contributed by atoms with Crippen LogP contribution in [-0.4, -0.2) is 22.7 Å². The molecule has 1 saturated carbocycles. The Morgan fingerprint density at radius 1 is 1.16 bits per heavy atom. The zero-order valence-electron chi connectivity index (χ0n) is 11.2. The first kappa shape index (κ1) is 12.7. The highest BCUT2D eigenvalue weighted by Gasteiger charge is 2.18. The van der Waals surface area contributed by atoms with Gasteiger partial charge in [-0.05, 0) is 55.8 Å². The molecule has 0 spiro atoms. The van der Waals surface area contributed by atoms with E-state index >= 15 is 0 Å². The Morgan fingerprint density at radius 2 is 2.00 bits per heavy atom. The first-order valence-electron chi connectivity index (χ1n) is 7.26. The fourth-order valence-corrected chi connectivity index (χ4v) is 3.06. The molecule has 0 atom stereocenters. The number of hydrogen-bond donors (Lipinski definition) is 3. The standard InChI is InChI=1S/C16H22N2O/c19-14-6-4-12(5-7-14)10-17-11-13-2-1-3-16-15(13)8-9-18-16/h1-3,8-9,12,14,17-19H,4-7,10-11H2. The van der Waals surface area contributed by atoms with Crippen molar-refractivity contribution in [2.75, 3.05) is 6.54 Å². The molecule has 0 saturated heterocycles. The molecule has 3 N–H and O–H groups in total. The number of nitrogens with one attached hydrogen (secondary N) is 2. The third kappa shape index (κ3) is 2.99. The van der Waals surface area contributed by atoms with Gasteiger partial charge >= 0.3 is 0 Å². The van der Waals surface area contributed by atoms with E-state index in [9.17, 15) is 5.11 Å². The van der Waals surface area contributed by atoms with Crippen molar-refractivity contribution in [2.45, 2.75) is 38.3 Å². The number of benzene rings is 1. The Balaban J connectivity index is 1.53. The number of aliphatic hydroxyl groups excluding tert-OH is 1. The second-order valence-electron chi connectivity index (χ2n) is 5.66. The molecule has 1 aliphatic carbocycles. The number of rotatable bonds is 4. The second-order valence-corrected chi connectivity index (χ2v) is 5.66. The van der Waals surface area contributed by atoms with E-state index in [4.69, 9.17) is 0 Å². The van der Waals surface area contributed by atoms with Gasteiger partial charge in [-0.1, -0.05) is 12.1 Å². The maximum absolute atomic E-state index is 9.50. The van der Waals surface area contributed by atoms with Crippen LogP contribution in [0.4, 0.5) is 0 Å². The molecule has 19 heavy (non-hydrogen) atoms. The molecule has 3 heteroatoms. The fourth-order valence-electron chi connectivity index (χ4n) is 3.06. The first-order chi connectivity index (χ1) is 9.33. The van der Waals surface area contributed by atoms with Crippen LogP contribution in [0, 0.1) is 5.92 Å². The lowest BCUT2D eigenvalue weighted by Crippen LogP contribution is -2.27. The Labute approximate surface area is 114 Å². The van der Waals surface area contributed by atoms with Gasteiger partial charge < -0.3 is 15.4 Å². The molecule has 0 amide bonds. The predicted octanol–water partition coefficient (Wildman–Crippen LogP) is 2.81. The molecule has 3 rings (SSSR count). The zero-order valence-corrected chi connectivity index (χ0v) is 11.2. The first-order valence-corrected chi connectivity index (χ1v) is 7.26. The van der Waals surface area contributed by atoms with Crippen molar-refractivity contribution in [3.05, 3.63) is 36.0 Å². The van der Waals surface area contributed by atoms with E-state index in [-0.39, 0.29) is 6.10 Å². The van der Waals surface area contributed by atoms with Crippen molar-refractivity contribution in [3.63, 3.8) is 0 Å². The lowest BCUT2D eigenvalue weighted by atomic mass is 9.87. The van der Waals surface area contributed by atoms with E-state index < -0.39 is 0 Å². The normalized spacial score (nSPS) is 23.8. The number of aliphatic hydroxyl groups is 1. The van der Waals surface area contributed by atoms with Gasteiger partial charge in [0, 0.05) is 23.6 Å². The van der Waals surface area contributed by atoms with E-state index in [1.54, 1.807) is 0 Å². The molecule has 1 heterocycles. The Bertz CT molecular complexity index is 526. The van der Waals surface area contributed by atoms with Gasteiger partial charge in [0.05, 0.1) is 6.10 Å². The maximum Gasteiger partial charge on any atom is 0.0540 e. The maximum atomic E-state index is 9.50. The molecule has 1 aromatic carbocycles. The summed E-state index contributed by atoms with van der Waals surface area (Å²) in [7, 11) is 0. The average Bonchev–Trinajstić information content (AvgIpc) is 2.90. The SMILES string of the molecule is OC1CCC(CNCc2cccc3[nH]ccc23)CC1. The average molecular weight is 258 g/mol. The monoisotopic (exact) mass is 258 g/mol. The van der Waals surface area contributed by atoms with Crippen LogP contribution in [0.5, 0.6) is 0 Å². The third-order valence-electron chi connectivity index (χ3n) is 4.25. The minimum absolute atomic E-state index is 0.0511. The molecule has 0 bridgehead atoms. The summed E-state index contributed by atoms with van der Waals surface area (Å²) in [4.78, 5) is 3.25. The fraction of sp³-hybridized carbons (Fsp3) is 0.500. The Kier molecular flexibility index (Phi) is 3.85. The van der Waals surface area contributed by atoms with Crippen molar-refractivity contribution in [2.24, 2.45) is 5.92 Å². The molecule has 2 aromatic rings. The molecule has 1 fully saturated rings. The summed E-state index contributed by atoms with van der Waals surface area (Å²) in [6.45, 7) is 1.99.